The summed E-state index contributed by atoms with van der Waals surface area (Å²) in [5.41, 5.74) is 8.52. The highest BCUT2D eigenvalue weighted by Gasteiger charge is 2.20. The Kier molecular flexibility index (Phi) is 4.90. The summed E-state index contributed by atoms with van der Waals surface area (Å²) in [6, 6.07) is 11.2. The maximum atomic E-state index is 10.6. The fourth-order valence-corrected chi connectivity index (χ4v) is 2.78. The number of fused-ring (bicyclic) bond motifs is 1. The fraction of sp³-hybridized carbons (Fsp3) is 0.211. The van der Waals surface area contributed by atoms with Crippen molar-refractivity contribution in [2.75, 3.05) is 21.0 Å². The van der Waals surface area contributed by atoms with Gasteiger partial charge in [0.15, 0.2) is 17.6 Å². The minimum Gasteiger partial charge on any atom is -0.496 e. The molecule has 2 aromatic rings. The lowest BCUT2D eigenvalue weighted by atomic mass is 9.97. The lowest BCUT2D eigenvalue weighted by molar-refractivity contribution is -0.422. The number of benzene rings is 2. The molecule has 0 fully saturated rings. The maximum Gasteiger partial charge on any atom is 0.231 e. The first-order valence-electron chi connectivity index (χ1n) is 7.86. The molecule has 1 aliphatic rings. The second kappa shape index (κ2) is 7.27. The number of nitrogens with two attached hydrogens (primary N) is 1. The minimum absolute atomic E-state index is 0.223. The third-order valence-electron chi connectivity index (χ3n) is 4.08. The normalized spacial score (nSPS) is 14.8. The Hall–Kier alpha value is -2.99. The molecule has 6 heteroatoms. The van der Waals surface area contributed by atoms with Crippen molar-refractivity contribution in [3.05, 3.63) is 54.2 Å². The molecule has 2 aromatic carbocycles. The summed E-state index contributed by atoms with van der Waals surface area (Å²) in [5, 5.41) is 10.6. The van der Waals surface area contributed by atoms with Gasteiger partial charge in [-0.15, -0.1) is 0 Å². The molecular weight excluding hydrogens is 320 g/mol. The summed E-state index contributed by atoms with van der Waals surface area (Å²) >= 11 is 0. The molecule has 1 heterocycles. The first kappa shape index (κ1) is 16.9. The van der Waals surface area contributed by atoms with Crippen molar-refractivity contribution in [3.8, 4) is 28.4 Å². The van der Waals surface area contributed by atoms with Gasteiger partial charge in [-0.1, -0.05) is 12.1 Å². The summed E-state index contributed by atoms with van der Waals surface area (Å²) in [5.74, 6) is 2.12. The van der Waals surface area contributed by atoms with Crippen molar-refractivity contribution in [1.29, 1.82) is 0 Å². The molecule has 0 saturated heterocycles. The molecule has 1 atom stereocenters. The number of aliphatic hydroxyl groups excluding tert-OH is 1. The molecule has 0 radical (unpaired) electrons. The number of hydrogen-bond donors (Lipinski definition) is 3. The Morgan fingerprint density at radius 1 is 1.24 bits per heavy atom. The highest BCUT2D eigenvalue weighted by Crippen LogP contribution is 2.39. The average molecular weight is 341 g/mol. The Bertz CT molecular complexity index is 830. The van der Waals surface area contributed by atoms with Crippen molar-refractivity contribution < 1.29 is 24.3 Å². The van der Waals surface area contributed by atoms with E-state index >= 15 is 0 Å². The van der Waals surface area contributed by atoms with Crippen molar-refractivity contribution in [2.24, 2.45) is 5.73 Å². The van der Waals surface area contributed by atoms with Gasteiger partial charge in [-0.3, -0.25) is 0 Å². The van der Waals surface area contributed by atoms with Gasteiger partial charge in [-0.05, 0) is 35.4 Å². The zero-order valence-corrected chi connectivity index (χ0v) is 14.2. The molecule has 6 nitrogen and oxygen atoms in total. The molecule has 4 N–H and O–H groups in total. The van der Waals surface area contributed by atoms with Gasteiger partial charge in [-0.25, -0.2) is 4.99 Å². The SMILES string of the molecule is C[NH+]=C(C=CN)C(O)c1ccc(OC)c(-c2ccc3c(c2)OCO3)c1. The lowest BCUT2D eigenvalue weighted by Crippen LogP contribution is -2.68. The lowest BCUT2D eigenvalue weighted by Gasteiger charge is -2.14. The molecule has 0 saturated carbocycles. The molecule has 0 spiro atoms. The van der Waals surface area contributed by atoms with Crippen LogP contribution in [0.5, 0.6) is 17.2 Å². The van der Waals surface area contributed by atoms with Crippen LogP contribution in [-0.2, 0) is 0 Å². The van der Waals surface area contributed by atoms with Crippen LogP contribution in [0.1, 0.15) is 11.7 Å². The molecule has 25 heavy (non-hydrogen) atoms. The molecule has 0 aliphatic carbocycles. The van der Waals surface area contributed by atoms with E-state index in [4.69, 9.17) is 19.9 Å². The highest BCUT2D eigenvalue weighted by molar-refractivity contribution is 5.94. The van der Waals surface area contributed by atoms with Crippen molar-refractivity contribution >= 4 is 5.71 Å². The third kappa shape index (κ3) is 3.29. The van der Waals surface area contributed by atoms with Crippen LogP contribution in [0, 0.1) is 0 Å². The van der Waals surface area contributed by atoms with Crippen LogP contribution in [-0.4, -0.2) is 31.8 Å². The smallest absolute Gasteiger partial charge is 0.231 e. The number of aliphatic hydroxyl groups is 1. The van der Waals surface area contributed by atoms with Gasteiger partial charge in [0.05, 0.1) is 7.11 Å². The quantitative estimate of drug-likeness (QED) is 0.699. The Morgan fingerprint density at radius 2 is 2.04 bits per heavy atom. The van der Waals surface area contributed by atoms with E-state index in [-0.39, 0.29) is 6.79 Å². The largest absolute Gasteiger partial charge is 0.496 e. The van der Waals surface area contributed by atoms with Gasteiger partial charge in [0.2, 0.25) is 12.5 Å². The second-order valence-electron chi connectivity index (χ2n) is 5.49. The molecule has 130 valence electrons. The molecule has 1 unspecified atom stereocenters. The third-order valence-corrected chi connectivity index (χ3v) is 4.08. The summed E-state index contributed by atoms with van der Waals surface area (Å²) in [6.07, 6.45) is 2.19. The summed E-state index contributed by atoms with van der Waals surface area (Å²) in [4.78, 5) is 2.96. The zero-order valence-electron chi connectivity index (χ0n) is 14.2. The van der Waals surface area contributed by atoms with Gasteiger partial charge < -0.3 is 25.1 Å². The van der Waals surface area contributed by atoms with Crippen molar-refractivity contribution in [2.45, 2.75) is 6.10 Å². The van der Waals surface area contributed by atoms with E-state index < -0.39 is 6.10 Å². The van der Waals surface area contributed by atoms with E-state index in [2.05, 4.69) is 4.99 Å². The fourth-order valence-electron chi connectivity index (χ4n) is 2.78. The first-order chi connectivity index (χ1) is 12.2. The molecule has 1 aliphatic heterocycles. The number of nitrogens with one attached hydrogen (secondary N) is 1. The highest BCUT2D eigenvalue weighted by atomic mass is 16.7. The van der Waals surface area contributed by atoms with Gasteiger partial charge in [0, 0.05) is 17.8 Å². The number of methoxy groups -OCH3 is 1. The predicted octanol–water partition coefficient (Wildman–Crippen LogP) is 0.748. The van der Waals surface area contributed by atoms with E-state index in [9.17, 15) is 5.11 Å². The molecule has 0 bridgehead atoms. The van der Waals surface area contributed by atoms with E-state index in [1.165, 1.54) is 6.20 Å². The van der Waals surface area contributed by atoms with Crippen LogP contribution in [0.25, 0.3) is 11.1 Å². The summed E-state index contributed by atoms with van der Waals surface area (Å²) in [7, 11) is 3.35. The zero-order chi connectivity index (χ0) is 17.8. The van der Waals surface area contributed by atoms with Gasteiger partial charge in [-0.2, -0.15) is 0 Å². The Balaban J connectivity index is 2.04. The topological polar surface area (TPSA) is 87.9 Å². The van der Waals surface area contributed by atoms with E-state index in [0.29, 0.717) is 17.2 Å². The minimum atomic E-state index is -0.830. The number of rotatable bonds is 5. The van der Waals surface area contributed by atoms with Crippen molar-refractivity contribution in [3.63, 3.8) is 0 Å². The van der Waals surface area contributed by atoms with Crippen LogP contribution >= 0.6 is 0 Å². The van der Waals surface area contributed by atoms with Gasteiger partial charge in [0.25, 0.3) is 0 Å². The Labute approximate surface area is 146 Å². The van der Waals surface area contributed by atoms with E-state index in [0.717, 1.165) is 22.4 Å². The number of ether oxygens (including phenoxy) is 3. The van der Waals surface area contributed by atoms with E-state index in [1.54, 1.807) is 20.2 Å². The van der Waals surface area contributed by atoms with Crippen LogP contribution < -0.4 is 24.9 Å². The van der Waals surface area contributed by atoms with Crippen molar-refractivity contribution in [1.82, 2.24) is 0 Å². The molecular formula is C19H21N2O4+. The van der Waals surface area contributed by atoms with Crippen LogP contribution in [0.4, 0.5) is 0 Å². The van der Waals surface area contributed by atoms with Gasteiger partial charge >= 0.3 is 0 Å². The molecule has 0 amide bonds. The van der Waals surface area contributed by atoms with E-state index in [1.807, 2.05) is 36.4 Å². The first-order valence-corrected chi connectivity index (χ1v) is 7.86. The monoisotopic (exact) mass is 341 g/mol. The molecule has 0 aromatic heterocycles. The summed E-state index contributed by atoms with van der Waals surface area (Å²) < 4.78 is 16.3. The average Bonchev–Trinajstić information content (AvgIpc) is 3.12. The molecule has 3 rings (SSSR count). The van der Waals surface area contributed by atoms with Crippen LogP contribution in [0.3, 0.4) is 0 Å². The Morgan fingerprint density at radius 3 is 2.76 bits per heavy atom. The predicted molar refractivity (Wildman–Crippen MR) is 94.7 cm³/mol. The summed E-state index contributed by atoms with van der Waals surface area (Å²) in [6.45, 7) is 0.223. The standard InChI is InChI=1S/C19H20N2O4/c1-21-15(7-8-20)19(22)13-4-5-16(23-2)14(9-13)12-3-6-17-18(10-12)25-11-24-17/h3-10,19,22H,11,20H2,1-2H3/p+1. The second-order valence-corrected chi connectivity index (χ2v) is 5.49. The van der Waals surface area contributed by atoms with Crippen LogP contribution in [0.2, 0.25) is 0 Å². The maximum absolute atomic E-state index is 10.6. The number of hydrogen-bond acceptors (Lipinski definition) is 5. The van der Waals surface area contributed by atoms with Crippen LogP contribution in [0.15, 0.2) is 48.7 Å². The van der Waals surface area contributed by atoms with Gasteiger partial charge in [0.1, 0.15) is 12.8 Å².